The molecule has 5 heterocycles. The van der Waals surface area contributed by atoms with Gasteiger partial charge in [0.1, 0.15) is 31.3 Å². The molecule has 118 heavy (non-hydrogen) atoms. The molecule has 0 aliphatic carbocycles. The fraction of sp³-hybridized carbons (Fsp3) is 0.928. The molecule has 5 saturated heterocycles. The van der Waals surface area contributed by atoms with E-state index in [1.54, 1.807) is 6.92 Å². The van der Waals surface area contributed by atoms with E-state index in [1.807, 2.05) is 0 Å². The van der Waals surface area contributed by atoms with Crippen LogP contribution in [0.2, 0.25) is 0 Å². The third-order valence-corrected chi connectivity index (χ3v) is 17.6. The van der Waals surface area contributed by atoms with Gasteiger partial charge in [0.05, 0.1) is 33.0 Å². The van der Waals surface area contributed by atoms with Crippen LogP contribution >= 0.6 is 0 Å². The van der Waals surface area contributed by atoms with Crippen LogP contribution in [0.1, 0.15) is 150 Å². The molecule has 0 saturated carbocycles. The van der Waals surface area contributed by atoms with Crippen LogP contribution in [0.4, 0.5) is 127 Å². The normalized spacial score (nSPS) is 19.0. The van der Waals surface area contributed by atoms with E-state index in [2.05, 4.69) is 23.7 Å². The topological polar surface area (TPSA) is 224 Å². The minimum atomic E-state index is -5.48. The molecular formula is C69H99F29O20. The highest BCUT2D eigenvalue weighted by Crippen LogP contribution is 2.39. The number of alkyl halides is 29. The molecule has 0 bridgehead atoms. The molecule has 6 unspecified atom stereocenters. The fourth-order valence-electron chi connectivity index (χ4n) is 10.6. The summed E-state index contributed by atoms with van der Waals surface area (Å²) >= 11 is 0. The van der Waals surface area contributed by atoms with E-state index in [4.69, 9.17) is 47.4 Å². The minimum Gasteiger partial charge on any atom is -0.460 e. The van der Waals surface area contributed by atoms with E-state index in [0.717, 1.165) is 38.5 Å². The van der Waals surface area contributed by atoms with Gasteiger partial charge in [0.25, 0.3) is 11.8 Å². The molecule has 5 aliphatic heterocycles. The molecule has 0 spiro atoms. The fourth-order valence-corrected chi connectivity index (χ4v) is 10.6. The zero-order chi connectivity index (χ0) is 90.2. The van der Waals surface area contributed by atoms with Crippen LogP contribution in [0, 0.1) is 35.5 Å². The molecule has 0 aromatic carbocycles. The van der Waals surface area contributed by atoms with Gasteiger partial charge < -0.3 is 71.1 Å². The Balaban J connectivity index is 0.000000739. The van der Waals surface area contributed by atoms with Crippen molar-refractivity contribution in [3.05, 3.63) is 0 Å². The first-order valence-corrected chi connectivity index (χ1v) is 37.0. The highest BCUT2D eigenvalue weighted by Gasteiger charge is 2.56. The molecule has 5 aliphatic rings. The summed E-state index contributed by atoms with van der Waals surface area (Å²) in [4.78, 5) is 55.2. The number of esters is 5. The van der Waals surface area contributed by atoms with Gasteiger partial charge >= 0.3 is 85.1 Å². The van der Waals surface area contributed by atoms with Gasteiger partial charge in [0.2, 0.25) is 12.2 Å². The highest BCUT2D eigenvalue weighted by molar-refractivity contribution is 5.76. The largest absolute Gasteiger partial charge is 0.490 e. The Morgan fingerprint density at radius 3 is 0.966 bits per heavy atom. The Kier molecular flexibility index (Phi) is 49.4. The van der Waals surface area contributed by atoms with Crippen molar-refractivity contribution in [1.29, 1.82) is 0 Å². The van der Waals surface area contributed by atoms with Crippen molar-refractivity contribution in [2.75, 3.05) is 126 Å². The van der Waals surface area contributed by atoms with Gasteiger partial charge in [-0.1, -0.05) is 6.92 Å². The van der Waals surface area contributed by atoms with Crippen molar-refractivity contribution in [2.45, 2.75) is 247 Å². The van der Waals surface area contributed by atoms with Crippen molar-refractivity contribution in [1.82, 2.24) is 0 Å². The van der Waals surface area contributed by atoms with Gasteiger partial charge in [0, 0.05) is 113 Å². The zero-order valence-electron chi connectivity index (χ0n) is 64.3. The molecule has 5 fully saturated rings. The summed E-state index contributed by atoms with van der Waals surface area (Å²) in [6.07, 6.45) is -48.6. The Morgan fingerprint density at radius 2 is 0.678 bits per heavy atom. The lowest BCUT2D eigenvalue weighted by atomic mass is 9.94. The van der Waals surface area contributed by atoms with Crippen molar-refractivity contribution in [2.24, 2.45) is 35.5 Å². The maximum atomic E-state index is 13.8. The predicted molar refractivity (Wildman–Crippen MR) is 346 cm³/mol. The lowest BCUT2D eigenvalue weighted by Gasteiger charge is -2.29. The summed E-state index contributed by atoms with van der Waals surface area (Å²) in [5.41, 5.74) is 0. The summed E-state index contributed by atoms with van der Waals surface area (Å²) in [6.45, 7) is 3.70. The van der Waals surface area contributed by atoms with Gasteiger partial charge in [-0.15, -0.1) is 0 Å². The standard InChI is InChI=1S/C15H20F8O4.C15H23F5O4.C14H22F4O4.C13H18F6O4.C12H16F6O4/c16-13(17,9-15(21,22)23)11(27-12(24)7-14(18,19)20)8-26-6-3-10-1-4-25-5-2-10;1-10(15(18,19)20)13(21)24-12(14(2,16)17)9-23-8-5-11-3-6-22-7-4-11;1-3-12(19)22-11(8-10-4-6-20-7-5-10)9-21-14(17,18)13(2,15)16;14-12(15,16)7-11(20)23-10(13(17,18)19)8-22-6-3-9-1-4-21-5-2-9;13-11(14,15)9(22-10(19)12(16,17)18)7-21-6-3-8-1-4-20-5-2-8/h10-11H,1-9H2;10-12H,3-9H2,1-2H3;10-11H,3-9H2,1-2H3;9-10H,1-8H2;8-9H,1-7H2. The molecule has 0 radical (unpaired) electrons. The van der Waals surface area contributed by atoms with E-state index in [9.17, 15) is 151 Å². The number of carbonyl (C=O) groups excluding carboxylic acids is 5. The number of carbonyl (C=O) groups is 5. The Bertz CT molecular complexity index is 2750. The Labute approximate surface area is 659 Å². The Morgan fingerprint density at radius 1 is 0.364 bits per heavy atom. The lowest BCUT2D eigenvalue weighted by molar-refractivity contribution is -0.346. The van der Waals surface area contributed by atoms with Gasteiger partial charge in [-0.3, -0.25) is 19.2 Å². The van der Waals surface area contributed by atoms with E-state index < -0.39 is 186 Å². The second-order valence-electron chi connectivity index (χ2n) is 27.9. The molecule has 6 atom stereocenters. The van der Waals surface area contributed by atoms with Crippen LogP contribution in [0.5, 0.6) is 0 Å². The van der Waals surface area contributed by atoms with Crippen molar-refractivity contribution in [3.63, 3.8) is 0 Å². The van der Waals surface area contributed by atoms with Crippen molar-refractivity contribution < 1.29 is 222 Å². The van der Waals surface area contributed by atoms with E-state index in [1.165, 1.54) is 0 Å². The monoisotopic (exact) mass is 1800 g/mol. The van der Waals surface area contributed by atoms with Gasteiger partial charge in [-0.2, -0.15) is 110 Å². The molecule has 0 aromatic rings. The van der Waals surface area contributed by atoms with Gasteiger partial charge in [-0.05, 0) is 133 Å². The van der Waals surface area contributed by atoms with Crippen LogP contribution in [0.3, 0.4) is 0 Å². The second-order valence-corrected chi connectivity index (χ2v) is 27.9. The quantitative estimate of drug-likeness (QED) is 0.0242. The van der Waals surface area contributed by atoms with Crippen LogP contribution in [0.25, 0.3) is 0 Å². The van der Waals surface area contributed by atoms with Crippen LogP contribution in [0.15, 0.2) is 0 Å². The molecule has 0 N–H and O–H groups in total. The minimum absolute atomic E-state index is 0.00800. The van der Waals surface area contributed by atoms with Crippen LogP contribution in [-0.2, 0) is 95.0 Å². The first-order chi connectivity index (χ1) is 54.1. The number of hydrogen-bond donors (Lipinski definition) is 0. The first-order valence-electron chi connectivity index (χ1n) is 37.0. The summed E-state index contributed by atoms with van der Waals surface area (Å²) < 4.78 is 434. The summed E-state index contributed by atoms with van der Waals surface area (Å²) in [7, 11) is 0. The van der Waals surface area contributed by atoms with Gasteiger partial charge in [0.15, 0.2) is 12.2 Å². The molecular weight excluding hydrogens is 1700 g/mol. The predicted octanol–water partition coefficient (Wildman–Crippen LogP) is 17.3. The third kappa shape index (κ3) is 52.4. The zero-order valence-corrected chi connectivity index (χ0v) is 64.3. The number of ether oxygens (including phenoxy) is 15. The molecule has 698 valence electrons. The maximum absolute atomic E-state index is 13.8. The molecule has 0 amide bonds. The average molecular weight is 1800 g/mol. The summed E-state index contributed by atoms with van der Waals surface area (Å²) in [5, 5.41) is 0. The molecule has 49 heteroatoms. The Hall–Kier alpha value is -5.08. The number of rotatable bonds is 38. The molecule has 20 nitrogen and oxygen atoms in total. The maximum Gasteiger partial charge on any atom is 0.490 e. The third-order valence-electron chi connectivity index (χ3n) is 17.6. The van der Waals surface area contributed by atoms with Crippen LogP contribution in [-0.4, -0.2) is 253 Å². The average Bonchev–Trinajstić information content (AvgIpc) is 0.817. The van der Waals surface area contributed by atoms with E-state index in [-0.39, 0.29) is 63.4 Å². The van der Waals surface area contributed by atoms with Crippen LogP contribution < -0.4 is 0 Å². The summed E-state index contributed by atoms with van der Waals surface area (Å²) in [6, 6.07) is 0. The van der Waals surface area contributed by atoms with Crippen molar-refractivity contribution >= 4 is 29.8 Å². The smallest absolute Gasteiger partial charge is 0.460 e. The second kappa shape index (κ2) is 52.5. The van der Waals surface area contributed by atoms with E-state index in [0.29, 0.717) is 144 Å². The highest BCUT2D eigenvalue weighted by atomic mass is 19.4. The molecule has 5 rings (SSSR count). The summed E-state index contributed by atoms with van der Waals surface area (Å²) in [5.74, 6) is -23.0. The van der Waals surface area contributed by atoms with E-state index >= 15 is 0 Å². The SMILES string of the molecule is CC(C(=O)OC(COCCC1CCOCC1)C(C)(F)F)C(F)(F)F.CCC(=O)OC(COC(F)(F)C(C)(F)F)CC1CCOCC1.O=C(CC(F)(F)F)OC(COCCC1CCOCC1)C(F)(F)CC(F)(F)F.O=C(CC(F)(F)F)OC(COCCC1CCOCC1)C(F)(F)F.O=C(OC(COCCC1CCOCC1)C(F)(F)F)C(F)(F)F. The van der Waals surface area contributed by atoms with Gasteiger partial charge in [-0.25, -0.2) is 22.4 Å². The first kappa shape index (κ1) is 111. The lowest BCUT2D eigenvalue weighted by Crippen LogP contribution is -2.44. The number of hydrogen-bond acceptors (Lipinski definition) is 20. The number of halogens is 29. The van der Waals surface area contributed by atoms with Crippen molar-refractivity contribution in [3.8, 4) is 0 Å². The molecule has 0 aromatic heterocycles.